The lowest BCUT2D eigenvalue weighted by Crippen LogP contribution is -2.42. The van der Waals surface area contributed by atoms with Crippen LogP contribution >= 0.6 is 0 Å². The molecule has 29 heavy (non-hydrogen) atoms. The molecular formula is C20H29N3O5S. The van der Waals surface area contributed by atoms with E-state index in [0.29, 0.717) is 25.6 Å². The van der Waals surface area contributed by atoms with Crippen molar-refractivity contribution < 1.29 is 22.7 Å². The maximum atomic E-state index is 12.7. The SMILES string of the molecule is O=C(CCC1CCCCC1)NNC(=O)c1cccc(S(=O)(=O)N2CCOCC2)c1. The summed E-state index contributed by atoms with van der Waals surface area (Å²) in [6, 6.07) is 5.83. The molecule has 2 aliphatic rings. The second kappa shape index (κ2) is 10.2. The van der Waals surface area contributed by atoms with Gasteiger partial charge in [0.1, 0.15) is 0 Å². The zero-order valence-corrected chi connectivity index (χ0v) is 17.4. The summed E-state index contributed by atoms with van der Waals surface area (Å²) in [4.78, 5) is 24.4. The zero-order valence-electron chi connectivity index (χ0n) is 16.6. The molecule has 0 radical (unpaired) electrons. The van der Waals surface area contributed by atoms with Crippen LogP contribution in [0.5, 0.6) is 0 Å². The van der Waals surface area contributed by atoms with Crippen molar-refractivity contribution in [2.45, 2.75) is 49.8 Å². The van der Waals surface area contributed by atoms with Gasteiger partial charge in [0.2, 0.25) is 15.9 Å². The number of hydrogen-bond acceptors (Lipinski definition) is 5. The first-order valence-electron chi connectivity index (χ1n) is 10.2. The number of carbonyl (C=O) groups is 2. The van der Waals surface area contributed by atoms with Crippen molar-refractivity contribution in [2.75, 3.05) is 26.3 Å². The number of rotatable bonds is 6. The molecule has 0 atom stereocenters. The monoisotopic (exact) mass is 423 g/mol. The van der Waals surface area contributed by atoms with Gasteiger partial charge in [-0.05, 0) is 30.5 Å². The van der Waals surface area contributed by atoms with E-state index in [-0.39, 0.29) is 29.5 Å². The van der Waals surface area contributed by atoms with Crippen molar-refractivity contribution in [1.82, 2.24) is 15.2 Å². The third kappa shape index (κ3) is 6.01. The van der Waals surface area contributed by atoms with Crippen LogP contribution in [0.3, 0.4) is 0 Å². The number of benzene rings is 1. The molecule has 0 spiro atoms. The van der Waals surface area contributed by atoms with Gasteiger partial charge in [0.15, 0.2) is 0 Å². The molecule has 1 saturated heterocycles. The van der Waals surface area contributed by atoms with Crippen molar-refractivity contribution in [3.05, 3.63) is 29.8 Å². The average Bonchev–Trinajstić information content (AvgIpc) is 2.77. The molecule has 1 aliphatic carbocycles. The molecule has 0 unspecified atom stereocenters. The summed E-state index contributed by atoms with van der Waals surface area (Å²) in [5.41, 5.74) is 4.98. The van der Waals surface area contributed by atoms with E-state index in [0.717, 1.165) is 6.42 Å². The minimum absolute atomic E-state index is 0.0516. The highest BCUT2D eigenvalue weighted by Gasteiger charge is 2.27. The second-order valence-corrected chi connectivity index (χ2v) is 9.53. The van der Waals surface area contributed by atoms with E-state index in [9.17, 15) is 18.0 Å². The Bertz CT molecular complexity index is 815. The van der Waals surface area contributed by atoms with Crippen molar-refractivity contribution in [2.24, 2.45) is 5.92 Å². The van der Waals surface area contributed by atoms with Crippen molar-refractivity contribution >= 4 is 21.8 Å². The van der Waals surface area contributed by atoms with Gasteiger partial charge in [-0.15, -0.1) is 0 Å². The van der Waals surface area contributed by atoms with Gasteiger partial charge in [-0.1, -0.05) is 38.2 Å². The van der Waals surface area contributed by atoms with E-state index in [1.165, 1.54) is 60.7 Å². The first-order chi connectivity index (χ1) is 14.0. The van der Waals surface area contributed by atoms with Crippen LogP contribution in [0.25, 0.3) is 0 Å². The Morgan fingerprint density at radius 3 is 2.52 bits per heavy atom. The first-order valence-corrected chi connectivity index (χ1v) is 11.7. The molecule has 1 aromatic carbocycles. The summed E-state index contributed by atoms with van der Waals surface area (Å²) in [5.74, 6) is -0.191. The van der Waals surface area contributed by atoms with Crippen LogP contribution in [0.15, 0.2) is 29.2 Å². The summed E-state index contributed by atoms with van der Waals surface area (Å²) in [7, 11) is -3.68. The molecule has 1 aromatic rings. The Morgan fingerprint density at radius 1 is 1.07 bits per heavy atom. The van der Waals surface area contributed by atoms with Gasteiger partial charge in [0.25, 0.3) is 5.91 Å². The summed E-state index contributed by atoms with van der Waals surface area (Å²) >= 11 is 0. The lowest BCUT2D eigenvalue weighted by Gasteiger charge is -2.26. The minimum atomic E-state index is -3.68. The molecule has 3 rings (SSSR count). The first kappa shape index (κ1) is 21.7. The Hall–Kier alpha value is -1.97. The number of nitrogens with zero attached hydrogens (tertiary/aromatic N) is 1. The number of sulfonamides is 1. The second-order valence-electron chi connectivity index (χ2n) is 7.59. The Balaban J connectivity index is 1.53. The maximum absolute atomic E-state index is 12.7. The van der Waals surface area contributed by atoms with Crippen molar-refractivity contribution in [3.63, 3.8) is 0 Å². The molecule has 2 fully saturated rings. The third-order valence-corrected chi connectivity index (χ3v) is 7.42. The molecule has 160 valence electrons. The van der Waals surface area contributed by atoms with E-state index in [2.05, 4.69) is 10.9 Å². The molecule has 8 nitrogen and oxygen atoms in total. The largest absolute Gasteiger partial charge is 0.379 e. The predicted molar refractivity (Wildman–Crippen MR) is 107 cm³/mol. The van der Waals surface area contributed by atoms with Gasteiger partial charge in [0, 0.05) is 25.1 Å². The van der Waals surface area contributed by atoms with E-state index < -0.39 is 15.9 Å². The van der Waals surface area contributed by atoms with Gasteiger partial charge >= 0.3 is 0 Å². The van der Waals surface area contributed by atoms with Gasteiger partial charge in [0.05, 0.1) is 18.1 Å². The van der Waals surface area contributed by atoms with E-state index >= 15 is 0 Å². The van der Waals surface area contributed by atoms with Crippen LogP contribution in [0.1, 0.15) is 55.3 Å². The highest BCUT2D eigenvalue weighted by atomic mass is 32.2. The smallest absolute Gasteiger partial charge is 0.269 e. The standard InChI is InChI=1S/C20H29N3O5S/c24-19(10-9-16-5-2-1-3-6-16)21-22-20(25)17-7-4-8-18(15-17)29(26,27)23-11-13-28-14-12-23/h4,7-8,15-16H,1-3,5-6,9-14H2,(H,21,24)(H,22,25). The molecule has 0 bridgehead atoms. The van der Waals surface area contributed by atoms with Gasteiger partial charge in [-0.2, -0.15) is 4.31 Å². The van der Waals surface area contributed by atoms with Crippen LogP contribution in [-0.2, 0) is 19.6 Å². The van der Waals surface area contributed by atoms with Gasteiger partial charge in [-0.3, -0.25) is 20.4 Å². The Morgan fingerprint density at radius 2 is 1.79 bits per heavy atom. The highest BCUT2D eigenvalue weighted by Crippen LogP contribution is 2.27. The molecule has 9 heteroatoms. The topological polar surface area (TPSA) is 105 Å². The average molecular weight is 424 g/mol. The van der Waals surface area contributed by atoms with E-state index in [1.54, 1.807) is 0 Å². The van der Waals surface area contributed by atoms with Crippen LogP contribution in [0.4, 0.5) is 0 Å². The Labute approximate surface area is 172 Å². The molecule has 2 amide bonds. The third-order valence-electron chi connectivity index (χ3n) is 5.52. The van der Waals surface area contributed by atoms with Gasteiger partial charge < -0.3 is 4.74 Å². The number of ether oxygens (including phenoxy) is 1. The number of hydrazine groups is 1. The zero-order chi connectivity index (χ0) is 20.7. The fourth-order valence-electron chi connectivity index (χ4n) is 3.81. The summed E-state index contributed by atoms with van der Waals surface area (Å²) in [6.07, 6.45) is 7.28. The highest BCUT2D eigenvalue weighted by molar-refractivity contribution is 7.89. The fraction of sp³-hybridized carbons (Fsp3) is 0.600. The van der Waals surface area contributed by atoms with Crippen LogP contribution < -0.4 is 10.9 Å². The molecule has 0 aromatic heterocycles. The number of nitrogens with one attached hydrogen (secondary N) is 2. The normalized spacial score (nSPS) is 18.9. The fourth-order valence-corrected chi connectivity index (χ4v) is 5.26. The number of morpholine rings is 1. The number of hydrogen-bond donors (Lipinski definition) is 2. The molecule has 1 aliphatic heterocycles. The van der Waals surface area contributed by atoms with E-state index in [1.807, 2.05) is 0 Å². The van der Waals surface area contributed by atoms with Crippen LogP contribution in [0, 0.1) is 5.92 Å². The summed E-state index contributed by atoms with van der Waals surface area (Å²) in [5, 5.41) is 0. The summed E-state index contributed by atoms with van der Waals surface area (Å²) in [6.45, 7) is 1.28. The number of carbonyl (C=O) groups excluding carboxylic acids is 2. The van der Waals surface area contributed by atoms with E-state index in [4.69, 9.17) is 4.74 Å². The quantitative estimate of drug-likeness (QED) is 0.679. The lowest BCUT2D eigenvalue weighted by molar-refractivity contribution is -0.122. The van der Waals surface area contributed by atoms with Gasteiger partial charge in [-0.25, -0.2) is 8.42 Å². The molecule has 1 saturated carbocycles. The Kier molecular flexibility index (Phi) is 7.63. The number of amides is 2. The lowest BCUT2D eigenvalue weighted by atomic mass is 9.86. The van der Waals surface area contributed by atoms with Crippen molar-refractivity contribution in [3.8, 4) is 0 Å². The van der Waals surface area contributed by atoms with Crippen LogP contribution in [0.2, 0.25) is 0 Å². The van der Waals surface area contributed by atoms with Crippen LogP contribution in [-0.4, -0.2) is 50.8 Å². The minimum Gasteiger partial charge on any atom is -0.379 e. The predicted octanol–water partition coefficient (Wildman–Crippen LogP) is 1.83. The molecule has 2 N–H and O–H groups in total. The summed E-state index contributed by atoms with van der Waals surface area (Å²) < 4.78 is 32.0. The maximum Gasteiger partial charge on any atom is 0.269 e. The van der Waals surface area contributed by atoms with Crippen molar-refractivity contribution in [1.29, 1.82) is 0 Å². The molecular weight excluding hydrogens is 394 g/mol. The molecule has 1 heterocycles.